The Balaban J connectivity index is 2.36. The lowest BCUT2D eigenvalue weighted by Gasteiger charge is -2.15. The van der Waals surface area contributed by atoms with Crippen LogP contribution in [0.3, 0.4) is 0 Å². The van der Waals surface area contributed by atoms with Gasteiger partial charge in [-0.15, -0.1) is 0 Å². The van der Waals surface area contributed by atoms with E-state index < -0.39 is 12.2 Å². The van der Waals surface area contributed by atoms with Crippen molar-refractivity contribution in [1.29, 1.82) is 5.26 Å². The molecular formula is C11H9ClN2O2. The van der Waals surface area contributed by atoms with Crippen LogP contribution in [0.1, 0.15) is 5.56 Å². The maximum absolute atomic E-state index is 11.5. The van der Waals surface area contributed by atoms with Crippen molar-refractivity contribution in [3.63, 3.8) is 0 Å². The molecule has 4 nitrogen and oxygen atoms in total. The fourth-order valence-electron chi connectivity index (χ4n) is 1.62. The van der Waals surface area contributed by atoms with Crippen molar-refractivity contribution >= 4 is 23.4 Å². The lowest BCUT2D eigenvalue weighted by atomic mass is 10.2. The van der Waals surface area contributed by atoms with E-state index in [4.69, 9.17) is 21.6 Å². The van der Waals surface area contributed by atoms with Crippen LogP contribution in [0.25, 0.3) is 0 Å². The van der Waals surface area contributed by atoms with E-state index in [1.807, 2.05) is 13.0 Å². The van der Waals surface area contributed by atoms with Crippen LogP contribution < -0.4 is 4.90 Å². The summed E-state index contributed by atoms with van der Waals surface area (Å²) in [7, 11) is 0. The number of rotatable bonds is 1. The van der Waals surface area contributed by atoms with Crippen molar-refractivity contribution in [2.24, 2.45) is 0 Å². The molecule has 0 N–H and O–H groups in total. The van der Waals surface area contributed by atoms with Gasteiger partial charge >= 0.3 is 6.09 Å². The van der Waals surface area contributed by atoms with Crippen LogP contribution in [0.2, 0.25) is 5.02 Å². The molecule has 0 aromatic heterocycles. The number of nitriles is 1. The third kappa shape index (κ3) is 1.70. The smallest absolute Gasteiger partial charge is 0.415 e. The molecule has 1 fully saturated rings. The Bertz CT molecular complexity index is 481. The Labute approximate surface area is 98.0 Å². The van der Waals surface area contributed by atoms with Gasteiger partial charge < -0.3 is 4.74 Å². The van der Waals surface area contributed by atoms with Crippen LogP contribution in [-0.4, -0.2) is 18.7 Å². The minimum atomic E-state index is -0.703. The number of nitrogens with zero attached hydrogens (tertiary/aromatic N) is 2. The molecule has 1 saturated heterocycles. The number of hydrogen-bond donors (Lipinski definition) is 0. The van der Waals surface area contributed by atoms with Crippen molar-refractivity contribution in [2.45, 2.75) is 13.0 Å². The first-order chi connectivity index (χ1) is 7.63. The molecule has 1 aromatic rings. The van der Waals surface area contributed by atoms with E-state index in [1.54, 1.807) is 18.2 Å². The molecule has 82 valence electrons. The average molecular weight is 237 g/mol. The van der Waals surface area contributed by atoms with E-state index in [2.05, 4.69) is 0 Å². The number of hydrogen-bond acceptors (Lipinski definition) is 3. The van der Waals surface area contributed by atoms with Crippen molar-refractivity contribution in [3.8, 4) is 6.07 Å². The highest BCUT2D eigenvalue weighted by Gasteiger charge is 2.33. The molecule has 1 heterocycles. The predicted octanol–water partition coefficient (Wildman–Crippen LogP) is 2.50. The summed E-state index contributed by atoms with van der Waals surface area (Å²) in [6.45, 7) is 2.07. The predicted molar refractivity (Wildman–Crippen MR) is 59.4 cm³/mol. The van der Waals surface area contributed by atoms with Gasteiger partial charge in [-0.1, -0.05) is 17.7 Å². The summed E-state index contributed by atoms with van der Waals surface area (Å²) >= 11 is 5.97. The minimum absolute atomic E-state index is 0.247. The zero-order valence-electron chi connectivity index (χ0n) is 8.61. The Morgan fingerprint density at radius 3 is 3.00 bits per heavy atom. The van der Waals surface area contributed by atoms with Crippen molar-refractivity contribution in [3.05, 3.63) is 28.8 Å². The highest BCUT2D eigenvalue weighted by Crippen LogP contribution is 2.29. The number of anilines is 1. The maximum Gasteiger partial charge on any atom is 0.415 e. The van der Waals surface area contributed by atoms with Crippen molar-refractivity contribution in [2.75, 3.05) is 11.4 Å². The standard InChI is InChI=1S/C11H9ClN2O2/c1-7-9(12)3-2-4-10(7)14-6-8(5-13)16-11(14)15/h2-4,8H,6H2,1H3. The van der Waals surface area contributed by atoms with Gasteiger partial charge in [0, 0.05) is 5.02 Å². The lowest BCUT2D eigenvalue weighted by molar-refractivity contribution is 0.162. The van der Waals surface area contributed by atoms with E-state index in [1.165, 1.54) is 4.90 Å². The van der Waals surface area contributed by atoms with Crippen LogP contribution in [0, 0.1) is 18.3 Å². The molecule has 2 rings (SSSR count). The summed E-state index contributed by atoms with van der Waals surface area (Å²) in [6, 6.07) is 7.21. The highest BCUT2D eigenvalue weighted by molar-refractivity contribution is 6.31. The third-order valence-electron chi connectivity index (χ3n) is 2.49. The van der Waals surface area contributed by atoms with Crippen molar-refractivity contribution in [1.82, 2.24) is 0 Å². The van der Waals surface area contributed by atoms with Gasteiger partial charge in [-0.25, -0.2) is 4.79 Å². The van der Waals surface area contributed by atoms with E-state index >= 15 is 0 Å². The number of halogens is 1. The van der Waals surface area contributed by atoms with Crippen molar-refractivity contribution < 1.29 is 9.53 Å². The second-order valence-corrected chi connectivity index (χ2v) is 3.90. The van der Waals surface area contributed by atoms with Crippen LogP contribution in [0.15, 0.2) is 18.2 Å². The number of cyclic esters (lactones) is 1. The largest absolute Gasteiger partial charge is 0.428 e. The van der Waals surface area contributed by atoms with Gasteiger partial charge in [-0.3, -0.25) is 4.90 Å². The monoisotopic (exact) mass is 236 g/mol. The average Bonchev–Trinajstić information content (AvgIpc) is 2.64. The molecule has 0 bridgehead atoms. The summed E-state index contributed by atoms with van der Waals surface area (Å²) in [5.74, 6) is 0. The first-order valence-electron chi connectivity index (χ1n) is 4.76. The molecule has 1 unspecified atom stereocenters. The van der Waals surface area contributed by atoms with Gasteiger partial charge in [-0.05, 0) is 24.6 Å². The number of carbonyl (C=O) groups is 1. The lowest BCUT2D eigenvalue weighted by Crippen LogP contribution is -2.25. The molecule has 1 amide bonds. The van der Waals surface area contributed by atoms with E-state index in [-0.39, 0.29) is 6.54 Å². The van der Waals surface area contributed by atoms with Gasteiger partial charge in [-0.2, -0.15) is 5.26 Å². The third-order valence-corrected chi connectivity index (χ3v) is 2.90. The first kappa shape index (κ1) is 10.8. The normalized spacial score (nSPS) is 19.4. The Morgan fingerprint density at radius 1 is 1.62 bits per heavy atom. The van der Waals surface area contributed by atoms with Gasteiger partial charge in [0.2, 0.25) is 6.10 Å². The maximum atomic E-state index is 11.5. The molecule has 0 aliphatic carbocycles. The molecule has 1 aliphatic heterocycles. The molecule has 5 heteroatoms. The second-order valence-electron chi connectivity index (χ2n) is 3.50. The fourth-order valence-corrected chi connectivity index (χ4v) is 1.78. The van der Waals surface area contributed by atoms with E-state index in [9.17, 15) is 4.79 Å². The van der Waals surface area contributed by atoms with E-state index in [0.29, 0.717) is 10.7 Å². The molecule has 0 radical (unpaired) electrons. The van der Waals surface area contributed by atoms with E-state index in [0.717, 1.165) is 5.56 Å². The summed E-state index contributed by atoms with van der Waals surface area (Å²) in [5, 5.41) is 9.28. The summed E-state index contributed by atoms with van der Waals surface area (Å²) in [4.78, 5) is 12.9. The second kappa shape index (κ2) is 4.03. The first-order valence-corrected chi connectivity index (χ1v) is 5.14. The Hall–Kier alpha value is -1.73. The molecule has 0 saturated carbocycles. The fraction of sp³-hybridized carbons (Fsp3) is 0.273. The zero-order chi connectivity index (χ0) is 11.7. The van der Waals surface area contributed by atoms with Gasteiger partial charge in [0.15, 0.2) is 0 Å². The zero-order valence-corrected chi connectivity index (χ0v) is 9.36. The number of ether oxygens (including phenoxy) is 1. The SMILES string of the molecule is Cc1c(Cl)cccc1N1CC(C#N)OC1=O. The molecule has 1 aromatic carbocycles. The molecule has 1 aliphatic rings. The number of carbonyl (C=O) groups excluding carboxylic acids is 1. The van der Waals surface area contributed by atoms with Crippen LogP contribution in [0.5, 0.6) is 0 Å². The van der Waals surface area contributed by atoms with Gasteiger partial charge in [0.25, 0.3) is 0 Å². The summed E-state index contributed by atoms with van der Waals surface area (Å²) in [6.07, 6.45) is -1.21. The molecule has 1 atom stereocenters. The number of benzene rings is 1. The molecule has 0 spiro atoms. The summed E-state index contributed by atoms with van der Waals surface area (Å²) in [5.41, 5.74) is 1.50. The number of amides is 1. The Kier molecular flexibility index (Phi) is 2.71. The highest BCUT2D eigenvalue weighted by atomic mass is 35.5. The molecule has 16 heavy (non-hydrogen) atoms. The van der Waals surface area contributed by atoms with Crippen LogP contribution >= 0.6 is 11.6 Å². The minimum Gasteiger partial charge on any atom is -0.428 e. The van der Waals surface area contributed by atoms with Gasteiger partial charge in [0.05, 0.1) is 12.2 Å². The topological polar surface area (TPSA) is 53.3 Å². The summed E-state index contributed by atoms with van der Waals surface area (Å²) < 4.78 is 4.86. The molecular weight excluding hydrogens is 228 g/mol. The van der Waals surface area contributed by atoms with Crippen LogP contribution in [-0.2, 0) is 4.74 Å². The Morgan fingerprint density at radius 2 is 2.38 bits per heavy atom. The van der Waals surface area contributed by atoms with Crippen LogP contribution in [0.4, 0.5) is 10.5 Å². The van der Waals surface area contributed by atoms with Gasteiger partial charge in [0.1, 0.15) is 6.07 Å². The quantitative estimate of drug-likeness (QED) is 0.753.